The van der Waals surface area contributed by atoms with Gasteiger partial charge < -0.3 is 36.4 Å². The highest BCUT2D eigenvalue weighted by atomic mass is 32.1. The summed E-state index contributed by atoms with van der Waals surface area (Å²) in [5, 5.41) is 9.73. The summed E-state index contributed by atoms with van der Waals surface area (Å²) in [6.45, 7) is 7.01. The lowest BCUT2D eigenvalue weighted by Gasteiger charge is -2.35. The van der Waals surface area contributed by atoms with Crippen LogP contribution in [0.1, 0.15) is 84.7 Å². The number of amides is 4. The first kappa shape index (κ1) is 40.5. The van der Waals surface area contributed by atoms with Crippen LogP contribution < -0.4 is 21.7 Å². The Kier molecular flexibility index (Phi) is 11.6. The van der Waals surface area contributed by atoms with E-state index in [-0.39, 0.29) is 41.1 Å². The van der Waals surface area contributed by atoms with Gasteiger partial charge in [0, 0.05) is 35.5 Å². The molecule has 0 radical (unpaired) electrons. The van der Waals surface area contributed by atoms with Gasteiger partial charge in [0.25, 0.3) is 5.91 Å². The van der Waals surface area contributed by atoms with Crippen LogP contribution in [0.5, 0.6) is 0 Å². The number of nitrogens with two attached hydrogens (primary N) is 1. The Morgan fingerprint density at radius 2 is 1.76 bits per heavy atom. The Balaban J connectivity index is 1.18. The molecule has 2 aromatic heterocycles. The van der Waals surface area contributed by atoms with Gasteiger partial charge in [-0.15, -0.1) is 22.7 Å². The van der Waals surface area contributed by atoms with E-state index < -0.39 is 60.6 Å². The standard InChI is InChI=1S/C37H43F2N6O7PS2/c1-36(2,3)22-6-4-20(5-7-22)30-19-42-34(55-30)25(10-13-31(40)46)43-32(47)27-11-9-24-14-15-41-18-26(35(49)45(24)27)44-33(48)29-17-21-16-23(8-12-28(21)54-29)37(38,39)53(50,51)52/h4-8,12,16-17,19,24-27,41H,9-11,13-15,18H2,1-3H3,(H2,40,46)(H,43,47)(H,44,48)(H2,50,51,52)/t24-,25?,26+,27+/m1/s1. The number of carbonyl (C=O) groups excluding carboxylic acids is 4. The molecule has 55 heavy (non-hydrogen) atoms. The Labute approximate surface area is 324 Å². The number of fused-ring (bicyclic) bond motifs is 2. The van der Waals surface area contributed by atoms with Crippen LogP contribution in [0.15, 0.2) is 54.7 Å². The lowest BCUT2D eigenvalue weighted by Crippen LogP contribution is -2.60. The molecule has 294 valence electrons. The zero-order valence-corrected chi connectivity index (χ0v) is 32.9. The van der Waals surface area contributed by atoms with Gasteiger partial charge in [-0.3, -0.25) is 23.7 Å². The number of carbonyl (C=O) groups is 4. The molecule has 0 aliphatic carbocycles. The number of hydrogen-bond acceptors (Lipinski definition) is 9. The fourth-order valence-electron chi connectivity index (χ4n) is 6.92. The second-order valence-corrected chi connectivity index (χ2v) is 18.7. The maximum Gasteiger partial charge on any atom is 0.399 e. The molecule has 6 rings (SSSR count). The molecule has 13 nitrogen and oxygen atoms in total. The van der Waals surface area contributed by atoms with Gasteiger partial charge in [0.2, 0.25) is 17.7 Å². The predicted octanol–water partition coefficient (Wildman–Crippen LogP) is 5.12. The van der Waals surface area contributed by atoms with Gasteiger partial charge in [0.1, 0.15) is 17.1 Å². The highest BCUT2D eigenvalue weighted by Crippen LogP contribution is 2.59. The van der Waals surface area contributed by atoms with Crippen molar-refractivity contribution < 1.29 is 42.3 Å². The predicted molar refractivity (Wildman–Crippen MR) is 206 cm³/mol. The number of aromatic nitrogens is 1. The normalized spacial score (nSPS) is 20.1. The molecule has 7 N–H and O–H groups in total. The summed E-state index contributed by atoms with van der Waals surface area (Å²) in [7, 11) is -5.80. The Morgan fingerprint density at radius 3 is 2.44 bits per heavy atom. The Morgan fingerprint density at radius 1 is 1.05 bits per heavy atom. The van der Waals surface area contributed by atoms with Crippen LogP contribution in [-0.2, 0) is 30.0 Å². The van der Waals surface area contributed by atoms with Gasteiger partial charge in [-0.05, 0) is 72.4 Å². The van der Waals surface area contributed by atoms with Crippen LogP contribution >= 0.6 is 30.3 Å². The van der Waals surface area contributed by atoms with E-state index in [1.807, 2.05) is 12.1 Å². The van der Waals surface area contributed by atoms with Gasteiger partial charge in [-0.25, -0.2) is 4.98 Å². The van der Waals surface area contributed by atoms with Crippen molar-refractivity contribution in [2.45, 2.75) is 88.1 Å². The first-order chi connectivity index (χ1) is 25.8. The smallest absolute Gasteiger partial charge is 0.370 e. The van der Waals surface area contributed by atoms with Crippen LogP contribution in [0.2, 0.25) is 0 Å². The summed E-state index contributed by atoms with van der Waals surface area (Å²) in [4.78, 5) is 78.9. The minimum Gasteiger partial charge on any atom is -0.370 e. The number of benzene rings is 2. The third-order valence-electron chi connectivity index (χ3n) is 9.97. The molecule has 0 bridgehead atoms. The molecule has 2 aliphatic rings. The van der Waals surface area contributed by atoms with Crippen molar-refractivity contribution in [3.05, 3.63) is 75.7 Å². The SMILES string of the molecule is CC(C)(C)c1ccc(-c2cnc(C(CCC(N)=O)NC(=O)[C@@H]3CC[C@@H]4CCNC[C@H](NC(=O)c5cc6cc(C(F)(F)P(=O)(O)O)ccc6s5)C(=O)N43)s2)cc1. The molecule has 1 unspecified atom stereocenters. The summed E-state index contributed by atoms with van der Waals surface area (Å²) < 4.78 is 40.6. The van der Waals surface area contributed by atoms with Crippen molar-refractivity contribution in [1.29, 1.82) is 0 Å². The number of hydrogen-bond donors (Lipinski definition) is 6. The fourth-order valence-corrected chi connectivity index (χ4v) is 9.35. The Bertz CT molecular complexity index is 2150. The number of halogens is 2. The van der Waals surface area contributed by atoms with Crippen molar-refractivity contribution in [3.63, 3.8) is 0 Å². The number of thiophene rings is 1. The average Bonchev–Trinajstić information content (AvgIpc) is 3.88. The van der Waals surface area contributed by atoms with E-state index >= 15 is 0 Å². The quantitative estimate of drug-likeness (QED) is 0.111. The third-order valence-corrected chi connectivity index (χ3v) is 13.2. The molecule has 2 aliphatic heterocycles. The first-order valence-corrected chi connectivity index (χ1v) is 21.0. The molecule has 4 aromatic rings. The number of rotatable bonds is 11. The van der Waals surface area contributed by atoms with Crippen molar-refractivity contribution in [3.8, 4) is 10.4 Å². The van der Waals surface area contributed by atoms with Crippen LogP contribution in [0, 0.1) is 0 Å². The van der Waals surface area contributed by atoms with E-state index in [2.05, 4.69) is 53.8 Å². The molecule has 2 fully saturated rings. The van der Waals surface area contributed by atoms with E-state index in [9.17, 15) is 32.5 Å². The highest BCUT2D eigenvalue weighted by Gasteiger charge is 2.50. The third kappa shape index (κ3) is 8.82. The molecule has 18 heteroatoms. The van der Waals surface area contributed by atoms with E-state index in [1.165, 1.54) is 33.9 Å². The van der Waals surface area contributed by atoms with Gasteiger partial charge in [-0.1, -0.05) is 51.1 Å². The number of thiazole rings is 1. The topological polar surface area (TPSA) is 204 Å². The number of nitrogens with one attached hydrogen (secondary N) is 3. The minimum absolute atomic E-state index is 0.000987. The van der Waals surface area contributed by atoms with Gasteiger partial charge in [0.15, 0.2) is 0 Å². The molecule has 0 spiro atoms. The van der Waals surface area contributed by atoms with Crippen molar-refractivity contribution >= 4 is 64.0 Å². The minimum atomic E-state index is -5.80. The lowest BCUT2D eigenvalue weighted by molar-refractivity contribution is -0.142. The molecule has 4 amide bonds. The maximum absolute atomic E-state index is 14.4. The lowest BCUT2D eigenvalue weighted by atomic mass is 9.87. The van der Waals surface area contributed by atoms with Gasteiger partial charge >= 0.3 is 13.3 Å². The van der Waals surface area contributed by atoms with Gasteiger partial charge in [-0.2, -0.15) is 8.78 Å². The monoisotopic (exact) mass is 816 g/mol. The van der Waals surface area contributed by atoms with Crippen molar-refractivity contribution in [2.75, 3.05) is 13.1 Å². The summed E-state index contributed by atoms with van der Waals surface area (Å²) in [5.41, 5.74) is 2.33. The van der Waals surface area contributed by atoms with Crippen LogP contribution in [0.3, 0.4) is 0 Å². The number of nitrogens with zero attached hydrogens (tertiary/aromatic N) is 2. The summed E-state index contributed by atoms with van der Waals surface area (Å²) in [6, 6.07) is 9.75. The van der Waals surface area contributed by atoms with E-state index in [1.54, 1.807) is 6.20 Å². The summed E-state index contributed by atoms with van der Waals surface area (Å²) >= 11 is 2.37. The summed E-state index contributed by atoms with van der Waals surface area (Å²) in [5.74, 6) is -2.06. The number of primary amides is 1. The molecule has 2 aromatic carbocycles. The van der Waals surface area contributed by atoms with Crippen molar-refractivity contribution in [2.24, 2.45) is 5.73 Å². The maximum atomic E-state index is 14.4. The fraction of sp³-hybridized carbons (Fsp3) is 0.432. The Hall–Kier alpha value is -4.12. The van der Waals surface area contributed by atoms with Crippen LogP contribution in [0.4, 0.5) is 8.78 Å². The van der Waals surface area contributed by atoms with E-state index in [0.29, 0.717) is 35.5 Å². The molecule has 2 saturated heterocycles. The van der Waals surface area contributed by atoms with Gasteiger partial charge in [0.05, 0.1) is 15.8 Å². The van der Waals surface area contributed by atoms with E-state index in [0.717, 1.165) is 33.9 Å². The summed E-state index contributed by atoms with van der Waals surface area (Å²) in [6.07, 6.45) is 3.46. The number of alkyl halides is 2. The largest absolute Gasteiger partial charge is 0.399 e. The zero-order chi connectivity index (χ0) is 39.9. The second kappa shape index (κ2) is 15.8. The molecular weight excluding hydrogens is 774 g/mol. The molecule has 0 saturated carbocycles. The second-order valence-electron chi connectivity index (χ2n) is 14.9. The van der Waals surface area contributed by atoms with Crippen LogP contribution in [-0.4, -0.2) is 74.5 Å². The average molecular weight is 817 g/mol. The highest BCUT2D eigenvalue weighted by molar-refractivity contribution is 7.52. The molecule has 4 heterocycles. The van der Waals surface area contributed by atoms with Crippen molar-refractivity contribution in [1.82, 2.24) is 25.8 Å². The first-order valence-electron chi connectivity index (χ1n) is 17.8. The molecular formula is C37H43F2N6O7PS2. The molecule has 4 atom stereocenters. The van der Waals surface area contributed by atoms with E-state index in [4.69, 9.17) is 15.5 Å². The zero-order valence-electron chi connectivity index (χ0n) is 30.4. The van der Waals surface area contributed by atoms with Crippen LogP contribution in [0.25, 0.3) is 20.5 Å².